The summed E-state index contributed by atoms with van der Waals surface area (Å²) in [4.78, 5) is 15.5. The summed E-state index contributed by atoms with van der Waals surface area (Å²) in [5.74, 6) is 2.69. The third kappa shape index (κ3) is 2.74. The van der Waals surface area contributed by atoms with Crippen molar-refractivity contribution in [3.8, 4) is 5.88 Å². The van der Waals surface area contributed by atoms with Gasteiger partial charge in [-0.15, -0.1) is 0 Å². The molecule has 1 saturated heterocycles. The fourth-order valence-electron chi connectivity index (χ4n) is 2.70. The summed E-state index contributed by atoms with van der Waals surface area (Å²) in [6, 6.07) is 1.79. The van der Waals surface area contributed by atoms with Gasteiger partial charge in [-0.3, -0.25) is 5.10 Å². The molecule has 0 amide bonds. The summed E-state index contributed by atoms with van der Waals surface area (Å²) in [6.07, 6.45) is 0.895. The minimum atomic E-state index is -0.0126. The van der Waals surface area contributed by atoms with Gasteiger partial charge in [-0.2, -0.15) is 10.1 Å². The van der Waals surface area contributed by atoms with Crippen LogP contribution in [0, 0.1) is 13.8 Å². The number of hydrogen-bond donors (Lipinski definition) is 1. The van der Waals surface area contributed by atoms with Crippen molar-refractivity contribution >= 4 is 5.95 Å². The molecular formula is C14H20N6O2. The molecule has 1 fully saturated rings. The van der Waals surface area contributed by atoms with Gasteiger partial charge in [0.2, 0.25) is 11.8 Å². The van der Waals surface area contributed by atoms with Crippen LogP contribution in [0.1, 0.15) is 29.8 Å². The largest absolute Gasteiger partial charge is 0.481 e. The molecule has 2 aromatic rings. The highest BCUT2D eigenvalue weighted by molar-refractivity contribution is 5.39. The van der Waals surface area contributed by atoms with Crippen LogP contribution < -0.4 is 9.64 Å². The van der Waals surface area contributed by atoms with Crippen LogP contribution in [-0.2, 0) is 4.74 Å². The lowest BCUT2D eigenvalue weighted by molar-refractivity contribution is 0.118. The van der Waals surface area contributed by atoms with Gasteiger partial charge in [-0.05, 0) is 13.8 Å². The molecule has 8 nitrogen and oxygen atoms in total. The molecule has 0 bridgehead atoms. The topological polar surface area (TPSA) is 89.0 Å². The molecular weight excluding hydrogens is 284 g/mol. The highest BCUT2D eigenvalue weighted by Crippen LogP contribution is 2.34. The smallest absolute Gasteiger partial charge is 0.229 e. The third-order valence-electron chi connectivity index (χ3n) is 3.79. The number of rotatable bonds is 4. The summed E-state index contributed by atoms with van der Waals surface area (Å²) in [5.41, 5.74) is 0.854. The van der Waals surface area contributed by atoms with Crippen LogP contribution in [0.2, 0.25) is 0 Å². The Kier molecular flexibility index (Phi) is 3.93. The number of methoxy groups -OCH3 is 2. The van der Waals surface area contributed by atoms with Crippen LogP contribution in [-0.4, -0.2) is 52.0 Å². The van der Waals surface area contributed by atoms with Gasteiger partial charge in [0.1, 0.15) is 5.82 Å². The number of ether oxygens (including phenoxy) is 2. The lowest BCUT2D eigenvalue weighted by atomic mass is 10.2. The van der Waals surface area contributed by atoms with Crippen molar-refractivity contribution in [2.24, 2.45) is 0 Å². The molecule has 3 rings (SSSR count). The Morgan fingerprint density at radius 2 is 2.05 bits per heavy atom. The number of aryl methyl sites for hydroxylation is 2. The van der Waals surface area contributed by atoms with Crippen LogP contribution in [0.3, 0.4) is 0 Å². The summed E-state index contributed by atoms with van der Waals surface area (Å²) in [7, 11) is 3.32. The van der Waals surface area contributed by atoms with Crippen molar-refractivity contribution in [3.63, 3.8) is 0 Å². The molecule has 22 heavy (non-hydrogen) atoms. The maximum Gasteiger partial charge on any atom is 0.229 e. The van der Waals surface area contributed by atoms with E-state index in [-0.39, 0.29) is 12.1 Å². The average Bonchev–Trinajstić information content (AvgIpc) is 3.12. The van der Waals surface area contributed by atoms with E-state index in [0.29, 0.717) is 18.4 Å². The molecule has 0 spiro atoms. The summed E-state index contributed by atoms with van der Waals surface area (Å²) in [6.45, 7) is 4.50. The van der Waals surface area contributed by atoms with Crippen molar-refractivity contribution in [2.75, 3.05) is 25.7 Å². The maximum atomic E-state index is 5.51. The minimum absolute atomic E-state index is 0.0126. The van der Waals surface area contributed by atoms with E-state index < -0.39 is 0 Å². The molecule has 0 saturated carbocycles. The van der Waals surface area contributed by atoms with E-state index in [0.717, 1.165) is 23.8 Å². The van der Waals surface area contributed by atoms with Crippen LogP contribution in [0.5, 0.6) is 5.88 Å². The Hall–Kier alpha value is -2.22. The lowest BCUT2D eigenvalue weighted by Crippen LogP contribution is -2.27. The fourth-order valence-corrected chi connectivity index (χ4v) is 2.70. The third-order valence-corrected chi connectivity index (χ3v) is 3.79. The first-order valence-corrected chi connectivity index (χ1v) is 7.18. The number of aromatic nitrogens is 5. The zero-order valence-electron chi connectivity index (χ0n) is 13.2. The molecule has 1 aliphatic rings. The van der Waals surface area contributed by atoms with Gasteiger partial charge in [-0.1, -0.05) is 0 Å². The molecule has 0 aromatic carbocycles. The second-order valence-corrected chi connectivity index (χ2v) is 5.39. The quantitative estimate of drug-likeness (QED) is 0.907. The molecule has 1 N–H and O–H groups in total. The Morgan fingerprint density at radius 1 is 1.23 bits per heavy atom. The number of H-pyrrole nitrogens is 1. The zero-order chi connectivity index (χ0) is 15.7. The van der Waals surface area contributed by atoms with E-state index in [1.165, 1.54) is 0 Å². The summed E-state index contributed by atoms with van der Waals surface area (Å²) in [5, 5.41) is 7.18. The SMILES string of the molecule is COc1cc(C)nc(N2C[C@H](OC)C[C@H]2c2n[nH]c(C)n2)n1. The van der Waals surface area contributed by atoms with Gasteiger partial charge < -0.3 is 14.4 Å². The number of nitrogens with zero attached hydrogens (tertiary/aromatic N) is 5. The predicted octanol–water partition coefficient (Wildman–Crippen LogP) is 1.19. The number of aromatic amines is 1. The highest BCUT2D eigenvalue weighted by Gasteiger charge is 2.37. The van der Waals surface area contributed by atoms with Crippen molar-refractivity contribution in [1.29, 1.82) is 0 Å². The number of hydrogen-bond acceptors (Lipinski definition) is 7. The van der Waals surface area contributed by atoms with Gasteiger partial charge in [0.15, 0.2) is 5.82 Å². The lowest BCUT2D eigenvalue weighted by Gasteiger charge is -2.22. The van der Waals surface area contributed by atoms with E-state index in [1.807, 2.05) is 13.8 Å². The van der Waals surface area contributed by atoms with Gasteiger partial charge in [-0.25, -0.2) is 9.97 Å². The summed E-state index contributed by atoms with van der Waals surface area (Å²) < 4.78 is 10.8. The number of anilines is 1. The van der Waals surface area contributed by atoms with Crippen molar-refractivity contribution in [2.45, 2.75) is 32.4 Å². The predicted molar refractivity (Wildman–Crippen MR) is 79.9 cm³/mol. The van der Waals surface area contributed by atoms with Crippen LogP contribution >= 0.6 is 0 Å². The first kappa shape index (κ1) is 14.7. The minimum Gasteiger partial charge on any atom is -0.481 e. The van der Waals surface area contributed by atoms with Crippen LogP contribution in [0.25, 0.3) is 0 Å². The van der Waals surface area contributed by atoms with Crippen molar-refractivity contribution < 1.29 is 9.47 Å². The van der Waals surface area contributed by atoms with E-state index in [1.54, 1.807) is 20.3 Å². The molecule has 8 heteroatoms. The van der Waals surface area contributed by atoms with Crippen molar-refractivity contribution in [1.82, 2.24) is 25.1 Å². The molecule has 118 valence electrons. The Bertz CT molecular complexity index is 659. The molecule has 1 aliphatic heterocycles. The molecule has 0 unspecified atom stereocenters. The second-order valence-electron chi connectivity index (χ2n) is 5.39. The first-order chi connectivity index (χ1) is 10.6. The van der Waals surface area contributed by atoms with Crippen molar-refractivity contribution in [3.05, 3.63) is 23.4 Å². The van der Waals surface area contributed by atoms with Crippen LogP contribution in [0.15, 0.2) is 6.07 Å². The zero-order valence-corrected chi connectivity index (χ0v) is 13.2. The fraction of sp³-hybridized carbons (Fsp3) is 0.571. The van der Waals surface area contributed by atoms with E-state index in [2.05, 4.69) is 30.0 Å². The second kappa shape index (κ2) is 5.88. The molecule has 2 atom stereocenters. The monoisotopic (exact) mass is 304 g/mol. The Balaban J connectivity index is 1.97. The first-order valence-electron chi connectivity index (χ1n) is 7.18. The molecule has 0 aliphatic carbocycles. The Morgan fingerprint density at radius 3 is 2.68 bits per heavy atom. The molecule has 3 heterocycles. The van der Waals surface area contributed by atoms with E-state index >= 15 is 0 Å². The van der Waals surface area contributed by atoms with E-state index in [9.17, 15) is 0 Å². The summed E-state index contributed by atoms with van der Waals surface area (Å²) >= 11 is 0. The molecule has 0 radical (unpaired) electrons. The standard InChI is InChI=1S/C14H20N6O2/c1-8-5-12(22-4)17-14(15-8)20-7-10(21-3)6-11(20)13-16-9(2)18-19-13/h5,10-11H,6-7H2,1-4H3,(H,16,18,19)/t10-,11+/m1/s1. The van der Waals surface area contributed by atoms with Gasteiger partial charge in [0.05, 0.1) is 19.3 Å². The maximum absolute atomic E-state index is 5.51. The van der Waals surface area contributed by atoms with Crippen LogP contribution in [0.4, 0.5) is 5.95 Å². The molecule has 2 aromatic heterocycles. The Labute approximate surface area is 128 Å². The number of nitrogens with one attached hydrogen (secondary N) is 1. The average molecular weight is 304 g/mol. The van der Waals surface area contributed by atoms with Gasteiger partial charge in [0.25, 0.3) is 0 Å². The normalized spacial score (nSPS) is 21.4. The van der Waals surface area contributed by atoms with Gasteiger partial charge in [0, 0.05) is 31.8 Å². The van der Waals surface area contributed by atoms with E-state index in [4.69, 9.17) is 9.47 Å². The highest BCUT2D eigenvalue weighted by atomic mass is 16.5. The van der Waals surface area contributed by atoms with Gasteiger partial charge >= 0.3 is 0 Å².